The number of carbonyl (C=O) groups excluding carboxylic acids is 3. The van der Waals surface area contributed by atoms with Gasteiger partial charge >= 0.3 is 0 Å². The van der Waals surface area contributed by atoms with Gasteiger partial charge in [0.2, 0.25) is 5.91 Å². The number of thioether (sulfide) groups is 1. The normalized spacial score (nSPS) is 12.0. The molecule has 252 valence electrons. The number of para-hydroxylation sites is 1. The molecule has 0 saturated carbocycles. The van der Waals surface area contributed by atoms with Crippen LogP contribution in [0.25, 0.3) is 27.9 Å². The van der Waals surface area contributed by atoms with E-state index < -0.39 is 11.8 Å². The Morgan fingerprint density at radius 2 is 1.50 bits per heavy atom. The third-order valence-corrected chi connectivity index (χ3v) is 9.68. The van der Waals surface area contributed by atoms with Crippen LogP contribution in [0.4, 0.5) is 11.4 Å². The molecule has 3 N–H and O–H groups in total. The van der Waals surface area contributed by atoms with Crippen molar-refractivity contribution in [2.24, 2.45) is 0 Å². The fourth-order valence-corrected chi connectivity index (χ4v) is 6.88. The number of nitrogens with one attached hydrogen (secondary N) is 3. The first-order chi connectivity index (χ1) is 24.4. The molecule has 0 bridgehead atoms. The van der Waals surface area contributed by atoms with Crippen molar-refractivity contribution in [3.8, 4) is 5.75 Å². The molecular weight excluding hydrogens is 645 g/mol. The van der Waals surface area contributed by atoms with Gasteiger partial charge in [-0.05, 0) is 91.7 Å². The minimum Gasteiger partial charge on any atom is -0.497 e. The Hall–Kier alpha value is -5.80. The SMILES string of the molecule is CCC(Sc1cccc(NC(=O)/C(=C/c2cccc(OC)c2)NC(=O)c2ccccc2)c1)C(=O)Nc1ccc2c(c1)c1ccccc1n2CC. The van der Waals surface area contributed by atoms with Crippen LogP contribution < -0.4 is 20.7 Å². The minimum absolute atomic E-state index is 0.0648. The molecule has 6 rings (SSSR count). The first-order valence-electron chi connectivity index (χ1n) is 16.5. The van der Waals surface area contributed by atoms with Gasteiger partial charge in [-0.2, -0.15) is 0 Å². The fraction of sp³-hybridized carbons (Fsp3) is 0.146. The summed E-state index contributed by atoms with van der Waals surface area (Å²) in [6.07, 6.45) is 2.20. The summed E-state index contributed by atoms with van der Waals surface area (Å²) in [6.45, 7) is 4.96. The Morgan fingerprint density at radius 1 is 0.760 bits per heavy atom. The van der Waals surface area contributed by atoms with Crippen LogP contribution >= 0.6 is 11.8 Å². The van der Waals surface area contributed by atoms with Crippen LogP contribution in [-0.2, 0) is 16.1 Å². The predicted molar refractivity (Wildman–Crippen MR) is 204 cm³/mol. The smallest absolute Gasteiger partial charge is 0.272 e. The molecule has 1 aromatic heterocycles. The lowest BCUT2D eigenvalue weighted by Gasteiger charge is -2.16. The Kier molecular flexibility index (Phi) is 10.6. The third-order valence-electron chi connectivity index (χ3n) is 8.32. The van der Waals surface area contributed by atoms with Crippen molar-refractivity contribution in [3.63, 3.8) is 0 Å². The summed E-state index contributed by atoms with van der Waals surface area (Å²) >= 11 is 1.43. The highest BCUT2D eigenvalue weighted by Gasteiger charge is 2.20. The van der Waals surface area contributed by atoms with Gasteiger partial charge in [0, 0.05) is 50.2 Å². The first kappa shape index (κ1) is 34.1. The predicted octanol–water partition coefficient (Wildman–Crippen LogP) is 8.74. The fourth-order valence-electron chi connectivity index (χ4n) is 5.87. The summed E-state index contributed by atoms with van der Waals surface area (Å²) in [4.78, 5) is 41.1. The molecule has 3 amide bonds. The highest BCUT2D eigenvalue weighted by molar-refractivity contribution is 8.00. The van der Waals surface area contributed by atoms with Gasteiger partial charge < -0.3 is 25.3 Å². The number of aromatic nitrogens is 1. The second-order valence-electron chi connectivity index (χ2n) is 11.6. The molecule has 1 atom stereocenters. The van der Waals surface area contributed by atoms with E-state index in [4.69, 9.17) is 4.74 Å². The van der Waals surface area contributed by atoms with Gasteiger partial charge in [0.25, 0.3) is 11.8 Å². The Balaban J connectivity index is 1.18. The molecule has 50 heavy (non-hydrogen) atoms. The molecule has 8 nitrogen and oxygen atoms in total. The van der Waals surface area contributed by atoms with Crippen molar-refractivity contribution in [2.75, 3.05) is 17.7 Å². The van der Waals surface area contributed by atoms with E-state index in [0.29, 0.717) is 29.0 Å². The van der Waals surface area contributed by atoms with E-state index >= 15 is 0 Å². The summed E-state index contributed by atoms with van der Waals surface area (Å²) in [5, 5.41) is 10.7. The molecule has 5 aromatic carbocycles. The molecule has 0 aliphatic carbocycles. The number of methoxy groups -OCH3 is 1. The summed E-state index contributed by atoms with van der Waals surface area (Å²) in [6, 6.07) is 37.6. The molecule has 0 radical (unpaired) electrons. The maximum Gasteiger partial charge on any atom is 0.272 e. The number of hydrogen-bond acceptors (Lipinski definition) is 5. The number of nitrogens with zero attached hydrogens (tertiary/aromatic N) is 1. The molecule has 0 aliphatic rings. The third kappa shape index (κ3) is 7.74. The summed E-state index contributed by atoms with van der Waals surface area (Å²) in [5.41, 5.74) is 4.74. The van der Waals surface area contributed by atoms with Gasteiger partial charge in [-0.15, -0.1) is 11.8 Å². The van der Waals surface area contributed by atoms with Crippen molar-refractivity contribution >= 4 is 68.7 Å². The second kappa shape index (κ2) is 15.6. The second-order valence-corrected chi connectivity index (χ2v) is 12.9. The summed E-state index contributed by atoms with van der Waals surface area (Å²) in [5.74, 6) is -0.385. The topological polar surface area (TPSA) is 101 Å². The summed E-state index contributed by atoms with van der Waals surface area (Å²) < 4.78 is 7.61. The zero-order valence-corrected chi connectivity index (χ0v) is 28.9. The molecule has 0 saturated heterocycles. The molecule has 9 heteroatoms. The van der Waals surface area contributed by atoms with E-state index in [9.17, 15) is 14.4 Å². The van der Waals surface area contributed by atoms with Crippen molar-refractivity contribution in [1.29, 1.82) is 0 Å². The van der Waals surface area contributed by atoms with Crippen LogP contribution in [0.1, 0.15) is 36.2 Å². The van der Waals surface area contributed by atoms with Crippen molar-refractivity contribution in [1.82, 2.24) is 9.88 Å². The van der Waals surface area contributed by atoms with Gasteiger partial charge in [-0.3, -0.25) is 14.4 Å². The lowest BCUT2D eigenvalue weighted by atomic mass is 10.1. The van der Waals surface area contributed by atoms with E-state index in [1.165, 1.54) is 17.3 Å². The van der Waals surface area contributed by atoms with Crippen LogP contribution in [0.3, 0.4) is 0 Å². The largest absolute Gasteiger partial charge is 0.497 e. The van der Waals surface area contributed by atoms with Crippen molar-refractivity contribution in [2.45, 2.75) is 37.0 Å². The molecule has 0 spiro atoms. The molecule has 6 aromatic rings. The van der Waals surface area contributed by atoms with Gasteiger partial charge in [0.15, 0.2) is 0 Å². The number of rotatable bonds is 12. The molecule has 0 aliphatic heterocycles. The molecule has 0 fully saturated rings. The van der Waals surface area contributed by atoms with E-state index in [2.05, 4.69) is 45.6 Å². The Morgan fingerprint density at radius 3 is 2.28 bits per heavy atom. The quantitative estimate of drug-likeness (QED) is 0.0886. The number of carbonyl (C=O) groups is 3. The molecule has 1 heterocycles. The number of amides is 3. The van der Waals surface area contributed by atoms with Gasteiger partial charge in [-0.25, -0.2) is 0 Å². The number of fused-ring (bicyclic) bond motifs is 3. The van der Waals surface area contributed by atoms with Crippen LogP contribution in [0.15, 0.2) is 132 Å². The maximum atomic E-state index is 13.6. The molecular formula is C41H38N4O4S. The maximum absolute atomic E-state index is 13.6. The summed E-state index contributed by atoms with van der Waals surface area (Å²) in [7, 11) is 1.57. The van der Waals surface area contributed by atoms with Gasteiger partial charge in [-0.1, -0.05) is 61.5 Å². The number of anilines is 2. The lowest BCUT2D eigenvalue weighted by molar-refractivity contribution is -0.116. The number of aryl methyl sites for hydroxylation is 1. The Labute approximate surface area is 295 Å². The van der Waals surface area contributed by atoms with E-state index in [1.807, 2.05) is 67.6 Å². The number of ether oxygens (including phenoxy) is 1. The van der Waals surface area contributed by atoms with Gasteiger partial charge in [0.1, 0.15) is 11.4 Å². The van der Waals surface area contributed by atoms with Crippen LogP contribution in [0, 0.1) is 0 Å². The van der Waals surface area contributed by atoms with E-state index in [1.54, 1.807) is 55.7 Å². The minimum atomic E-state index is -0.496. The first-order valence-corrected chi connectivity index (χ1v) is 17.4. The van der Waals surface area contributed by atoms with Crippen molar-refractivity contribution in [3.05, 3.63) is 138 Å². The van der Waals surface area contributed by atoms with Crippen LogP contribution in [-0.4, -0.2) is 34.6 Å². The monoisotopic (exact) mass is 682 g/mol. The standard InChI is InChI=1S/C41H38N4O4S/c1-4-38(41(48)43-30-21-22-37-34(26-30)33-19-9-10-20-36(33)45(37)5-2)50-32-18-12-16-29(25-32)42-40(47)35(24-27-13-11-17-31(23-27)49-3)44-39(46)28-14-7-6-8-15-28/h6-26,38H,4-5H2,1-3H3,(H,42,47)(H,43,48)(H,44,46)/b35-24-. The van der Waals surface area contributed by atoms with Crippen LogP contribution in [0.5, 0.6) is 5.75 Å². The van der Waals surface area contributed by atoms with Crippen LogP contribution in [0.2, 0.25) is 0 Å². The average molecular weight is 683 g/mol. The Bertz CT molecular complexity index is 2210. The zero-order valence-electron chi connectivity index (χ0n) is 28.1. The van der Waals surface area contributed by atoms with Crippen molar-refractivity contribution < 1.29 is 19.1 Å². The lowest BCUT2D eigenvalue weighted by Crippen LogP contribution is -2.30. The van der Waals surface area contributed by atoms with E-state index in [-0.39, 0.29) is 16.9 Å². The molecule has 1 unspecified atom stereocenters. The average Bonchev–Trinajstić information content (AvgIpc) is 3.46. The van der Waals surface area contributed by atoms with Gasteiger partial charge in [0.05, 0.1) is 12.4 Å². The zero-order chi connectivity index (χ0) is 35.0. The highest BCUT2D eigenvalue weighted by Crippen LogP contribution is 2.32. The number of hydrogen-bond donors (Lipinski definition) is 3. The van der Waals surface area contributed by atoms with E-state index in [0.717, 1.165) is 33.4 Å². The highest BCUT2D eigenvalue weighted by atomic mass is 32.2. The number of benzene rings is 5.